The summed E-state index contributed by atoms with van der Waals surface area (Å²) in [5.41, 5.74) is 0. The van der Waals surface area contributed by atoms with Crippen molar-refractivity contribution in [2.75, 3.05) is 13.2 Å². The zero-order valence-electron chi connectivity index (χ0n) is 52.5. The number of hydrogen-bond acceptors (Lipinski definition) is 5. The molecule has 2 unspecified atom stereocenters. The number of esters is 1. The van der Waals surface area contributed by atoms with Crippen LogP contribution in [0.5, 0.6) is 0 Å². The third kappa shape index (κ3) is 63.6. The third-order valence-electron chi connectivity index (χ3n) is 16.8. The number of ether oxygens (including phenoxy) is 1. The van der Waals surface area contributed by atoms with Crippen molar-refractivity contribution in [1.29, 1.82) is 0 Å². The lowest BCUT2D eigenvalue weighted by Gasteiger charge is -2.22. The first kappa shape index (κ1) is 75.6. The van der Waals surface area contributed by atoms with Crippen LogP contribution in [0.2, 0.25) is 0 Å². The number of unbranched alkanes of at least 4 members (excludes halogenated alkanes) is 54. The minimum Gasteiger partial charge on any atom is -0.466 e. The first-order valence-electron chi connectivity index (χ1n) is 35.4. The molecule has 458 valence electrons. The number of amides is 1. The second kappa shape index (κ2) is 67.1. The smallest absolute Gasteiger partial charge is 0.305 e. The summed E-state index contributed by atoms with van der Waals surface area (Å²) in [6.07, 6.45) is 82.5. The maximum atomic E-state index is 12.5. The summed E-state index contributed by atoms with van der Waals surface area (Å²) in [7, 11) is 0. The lowest BCUT2D eigenvalue weighted by Crippen LogP contribution is -2.45. The normalized spacial score (nSPS) is 12.5. The Morgan fingerprint density at radius 3 is 0.922 bits per heavy atom. The Labute approximate surface area is 482 Å². The Morgan fingerprint density at radius 1 is 0.351 bits per heavy atom. The van der Waals surface area contributed by atoms with Gasteiger partial charge in [0.05, 0.1) is 25.4 Å². The SMILES string of the molecule is CCCCCCCCCCCCCCCCCCCCCCCC(O)C(CO)NC(=O)CCCCCCCCC/C=C\CCCCCCCCCCCCCOC(=O)CCCCCCCCCCCCCCCCCCC. The van der Waals surface area contributed by atoms with E-state index in [9.17, 15) is 19.8 Å². The molecule has 0 aromatic carbocycles. The third-order valence-corrected chi connectivity index (χ3v) is 16.8. The summed E-state index contributed by atoms with van der Waals surface area (Å²) < 4.78 is 5.50. The number of carbonyl (C=O) groups excluding carboxylic acids is 2. The van der Waals surface area contributed by atoms with Crippen LogP contribution in [-0.2, 0) is 14.3 Å². The van der Waals surface area contributed by atoms with Crippen molar-refractivity contribution in [2.45, 2.75) is 418 Å². The van der Waals surface area contributed by atoms with Crippen molar-refractivity contribution in [2.24, 2.45) is 0 Å². The van der Waals surface area contributed by atoms with E-state index in [0.717, 1.165) is 38.5 Å². The number of nitrogens with one attached hydrogen (secondary N) is 1. The highest BCUT2D eigenvalue weighted by molar-refractivity contribution is 5.76. The molecular weight excluding hydrogens is 947 g/mol. The second-order valence-electron chi connectivity index (χ2n) is 24.6. The molecule has 3 N–H and O–H groups in total. The topological polar surface area (TPSA) is 95.9 Å². The van der Waals surface area contributed by atoms with Crippen molar-refractivity contribution < 1.29 is 24.5 Å². The molecule has 0 aliphatic carbocycles. The van der Waals surface area contributed by atoms with Gasteiger partial charge >= 0.3 is 5.97 Å². The molecule has 0 aliphatic rings. The summed E-state index contributed by atoms with van der Waals surface area (Å²) in [4.78, 5) is 24.6. The van der Waals surface area contributed by atoms with Crippen molar-refractivity contribution in [3.05, 3.63) is 12.2 Å². The molecule has 2 atom stereocenters. The van der Waals surface area contributed by atoms with Gasteiger partial charge in [-0.05, 0) is 51.4 Å². The van der Waals surface area contributed by atoms with Crippen LogP contribution in [0.15, 0.2) is 12.2 Å². The summed E-state index contributed by atoms with van der Waals surface area (Å²) >= 11 is 0. The summed E-state index contributed by atoms with van der Waals surface area (Å²) in [5, 5.41) is 23.4. The highest BCUT2D eigenvalue weighted by Gasteiger charge is 2.20. The van der Waals surface area contributed by atoms with Gasteiger partial charge in [0.25, 0.3) is 0 Å². The van der Waals surface area contributed by atoms with Crippen LogP contribution in [0.3, 0.4) is 0 Å². The molecule has 0 aromatic rings. The van der Waals surface area contributed by atoms with Gasteiger partial charge in [0.1, 0.15) is 0 Å². The molecule has 0 spiro atoms. The van der Waals surface area contributed by atoms with Crippen LogP contribution < -0.4 is 5.32 Å². The zero-order chi connectivity index (χ0) is 55.7. The molecule has 0 saturated heterocycles. The number of hydrogen-bond donors (Lipinski definition) is 3. The van der Waals surface area contributed by atoms with Crippen LogP contribution in [0.4, 0.5) is 0 Å². The van der Waals surface area contributed by atoms with Crippen LogP contribution in [-0.4, -0.2) is 47.4 Å². The minimum atomic E-state index is -0.669. The Balaban J connectivity index is 3.39. The van der Waals surface area contributed by atoms with Crippen LogP contribution in [0, 0.1) is 0 Å². The van der Waals surface area contributed by atoms with E-state index in [1.54, 1.807) is 0 Å². The molecule has 0 saturated carbocycles. The van der Waals surface area contributed by atoms with Crippen molar-refractivity contribution in [3.8, 4) is 0 Å². The molecule has 0 bridgehead atoms. The van der Waals surface area contributed by atoms with Gasteiger partial charge in [0.2, 0.25) is 5.91 Å². The molecular formula is C71H139NO5. The largest absolute Gasteiger partial charge is 0.466 e. The molecule has 0 heterocycles. The highest BCUT2D eigenvalue weighted by Crippen LogP contribution is 2.19. The van der Waals surface area contributed by atoms with E-state index in [4.69, 9.17) is 4.74 Å². The number of aliphatic hydroxyl groups is 2. The molecule has 0 rings (SSSR count). The van der Waals surface area contributed by atoms with E-state index in [2.05, 4.69) is 31.3 Å². The number of rotatable bonds is 67. The summed E-state index contributed by atoms with van der Waals surface area (Å²) in [6.45, 7) is 5.00. The molecule has 0 aromatic heterocycles. The lowest BCUT2D eigenvalue weighted by molar-refractivity contribution is -0.143. The fraction of sp³-hybridized carbons (Fsp3) is 0.944. The average Bonchev–Trinajstić information content (AvgIpc) is 3.43. The first-order valence-corrected chi connectivity index (χ1v) is 35.4. The van der Waals surface area contributed by atoms with Crippen LogP contribution in [0.1, 0.15) is 406 Å². The molecule has 6 nitrogen and oxygen atoms in total. The van der Waals surface area contributed by atoms with Gasteiger partial charge in [-0.15, -0.1) is 0 Å². The molecule has 1 amide bonds. The zero-order valence-corrected chi connectivity index (χ0v) is 52.5. The van der Waals surface area contributed by atoms with Crippen molar-refractivity contribution in [3.63, 3.8) is 0 Å². The Bertz CT molecular complexity index is 1160. The number of carbonyl (C=O) groups is 2. The maximum Gasteiger partial charge on any atom is 0.305 e. The van der Waals surface area contributed by atoms with E-state index in [-0.39, 0.29) is 18.5 Å². The van der Waals surface area contributed by atoms with Gasteiger partial charge in [0, 0.05) is 12.8 Å². The molecule has 0 aliphatic heterocycles. The Kier molecular flexibility index (Phi) is 65.9. The maximum absolute atomic E-state index is 12.5. The average molecular weight is 1090 g/mol. The van der Waals surface area contributed by atoms with Gasteiger partial charge in [-0.2, -0.15) is 0 Å². The van der Waals surface area contributed by atoms with Crippen molar-refractivity contribution in [1.82, 2.24) is 5.32 Å². The van der Waals surface area contributed by atoms with E-state index < -0.39 is 12.1 Å². The minimum absolute atomic E-state index is 0.0152. The quantitative estimate of drug-likeness (QED) is 0.0320. The Hall–Kier alpha value is -1.40. The molecule has 6 heteroatoms. The van der Waals surface area contributed by atoms with Crippen LogP contribution >= 0.6 is 0 Å². The first-order chi connectivity index (χ1) is 38.0. The van der Waals surface area contributed by atoms with E-state index in [1.807, 2.05) is 0 Å². The standard InChI is InChI=1S/C71H139NO5/c1-3-5-7-9-11-13-15-17-19-21-22-25-28-32-35-39-43-47-51-55-59-63-69(74)68(67-73)72-70(75)64-60-56-52-48-44-40-36-33-29-26-23-24-27-30-34-38-42-46-50-54-58-62-66-77-71(76)65-61-57-53-49-45-41-37-31-20-18-16-14-12-10-8-6-4-2/h26,29,68-69,73-74H,3-25,27-28,30-67H2,1-2H3,(H,72,75)/b29-26-. The van der Waals surface area contributed by atoms with E-state index >= 15 is 0 Å². The number of aliphatic hydroxyl groups excluding tert-OH is 2. The van der Waals surface area contributed by atoms with Crippen molar-refractivity contribution >= 4 is 11.9 Å². The van der Waals surface area contributed by atoms with Gasteiger partial charge in [-0.25, -0.2) is 0 Å². The fourth-order valence-corrected chi connectivity index (χ4v) is 11.4. The predicted molar refractivity (Wildman–Crippen MR) is 338 cm³/mol. The van der Waals surface area contributed by atoms with Gasteiger partial charge in [0.15, 0.2) is 0 Å². The number of allylic oxidation sites excluding steroid dienone is 2. The summed E-state index contributed by atoms with van der Waals surface area (Å²) in [6, 6.07) is -0.547. The van der Waals surface area contributed by atoms with Gasteiger partial charge in [-0.1, -0.05) is 353 Å². The molecule has 77 heavy (non-hydrogen) atoms. The monoisotopic (exact) mass is 1090 g/mol. The van der Waals surface area contributed by atoms with Gasteiger partial charge < -0.3 is 20.3 Å². The Morgan fingerprint density at radius 2 is 0.610 bits per heavy atom. The summed E-state index contributed by atoms with van der Waals surface area (Å²) in [5.74, 6) is -0.0220. The van der Waals surface area contributed by atoms with Gasteiger partial charge in [-0.3, -0.25) is 9.59 Å². The van der Waals surface area contributed by atoms with E-state index in [1.165, 1.54) is 334 Å². The lowest BCUT2D eigenvalue weighted by atomic mass is 10.0. The van der Waals surface area contributed by atoms with Crippen LogP contribution in [0.25, 0.3) is 0 Å². The molecule has 0 fully saturated rings. The highest BCUT2D eigenvalue weighted by atomic mass is 16.5. The second-order valence-corrected chi connectivity index (χ2v) is 24.6. The van der Waals surface area contributed by atoms with E-state index in [0.29, 0.717) is 25.9 Å². The fourth-order valence-electron chi connectivity index (χ4n) is 11.4. The molecule has 0 radical (unpaired) electrons. The predicted octanol–water partition coefficient (Wildman–Crippen LogP) is 22.8.